The quantitative estimate of drug-likeness (QED) is 0.868. The molecule has 4 nitrogen and oxygen atoms in total. The van der Waals surface area contributed by atoms with Gasteiger partial charge in [-0.05, 0) is 56.0 Å². The van der Waals surface area contributed by atoms with Crippen molar-refractivity contribution in [2.24, 2.45) is 5.92 Å². The van der Waals surface area contributed by atoms with Crippen LogP contribution in [0.4, 0.5) is 4.79 Å². The monoisotopic (exact) mass is 330 g/mol. The average Bonchev–Trinajstić information content (AvgIpc) is 2.45. The molecule has 0 bridgehead atoms. The summed E-state index contributed by atoms with van der Waals surface area (Å²) in [7, 11) is 0. The number of hydrogen-bond acceptors (Lipinski definition) is 2. The highest BCUT2D eigenvalue weighted by molar-refractivity contribution is 6.35. The fourth-order valence-corrected chi connectivity index (χ4v) is 3.15. The van der Waals surface area contributed by atoms with Gasteiger partial charge in [0.2, 0.25) is 0 Å². The van der Waals surface area contributed by atoms with Gasteiger partial charge in [-0.15, -0.1) is 0 Å². The Bertz CT molecular complexity index is 489. The van der Waals surface area contributed by atoms with Crippen molar-refractivity contribution in [2.45, 2.75) is 19.3 Å². The maximum absolute atomic E-state index is 10.5. The summed E-state index contributed by atoms with van der Waals surface area (Å²) in [6.07, 6.45) is 2.05. The molecule has 0 unspecified atom stereocenters. The largest absolute Gasteiger partial charge is 0.465 e. The number of piperidine rings is 1. The van der Waals surface area contributed by atoms with E-state index in [2.05, 4.69) is 10.2 Å². The van der Waals surface area contributed by atoms with Crippen LogP contribution in [0.5, 0.6) is 0 Å². The number of likely N-dealkylation sites (tertiary alicyclic amines) is 1. The lowest BCUT2D eigenvalue weighted by atomic mass is 9.96. The molecule has 0 aliphatic carbocycles. The molecule has 0 saturated carbocycles. The van der Waals surface area contributed by atoms with Crippen molar-refractivity contribution in [3.05, 3.63) is 33.8 Å². The Balaban J connectivity index is 1.72. The van der Waals surface area contributed by atoms with E-state index in [4.69, 9.17) is 28.3 Å². The van der Waals surface area contributed by atoms with E-state index in [0.29, 0.717) is 17.5 Å². The van der Waals surface area contributed by atoms with E-state index in [1.54, 1.807) is 6.07 Å². The SMILES string of the molecule is O=C(O)NCC1CCN(CCc2ccc(Cl)cc2Cl)CC1. The molecule has 1 heterocycles. The van der Waals surface area contributed by atoms with Gasteiger partial charge in [0.15, 0.2) is 0 Å². The maximum atomic E-state index is 10.5. The number of carboxylic acid groups (broad SMARTS) is 1. The predicted molar refractivity (Wildman–Crippen MR) is 85.4 cm³/mol. The van der Waals surface area contributed by atoms with Crippen LogP contribution in [0.1, 0.15) is 18.4 Å². The molecular formula is C15H20Cl2N2O2. The number of rotatable bonds is 5. The van der Waals surface area contributed by atoms with Gasteiger partial charge in [-0.1, -0.05) is 29.3 Å². The summed E-state index contributed by atoms with van der Waals surface area (Å²) in [4.78, 5) is 12.9. The predicted octanol–water partition coefficient (Wildman–Crippen LogP) is 3.52. The number of benzene rings is 1. The van der Waals surface area contributed by atoms with E-state index in [9.17, 15) is 4.79 Å². The van der Waals surface area contributed by atoms with Crippen LogP contribution in [0, 0.1) is 5.92 Å². The number of carbonyl (C=O) groups is 1. The van der Waals surface area contributed by atoms with Crippen molar-refractivity contribution < 1.29 is 9.90 Å². The molecule has 1 aromatic rings. The summed E-state index contributed by atoms with van der Waals surface area (Å²) >= 11 is 12.1. The van der Waals surface area contributed by atoms with Crippen molar-refractivity contribution in [1.29, 1.82) is 0 Å². The number of hydrogen-bond donors (Lipinski definition) is 2. The van der Waals surface area contributed by atoms with Crippen molar-refractivity contribution in [3.63, 3.8) is 0 Å². The smallest absolute Gasteiger partial charge is 0.404 e. The van der Waals surface area contributed by atoms with Crippen LogP contribution < -0.4 is 5.32 Å². The van der Waals surface area contributed by atoms with Gasteiger partial charge in [0.1, 0.15) is 0 Å². The van der Waals surface area contributed by atoms with Gasteiger partial charge in [0.05, 0.1) is 0 Å². The summed E-state index contributed by atoms with van der Waals surface area (Å²) < 4.78 is 0. The Hall–Kier alpha value is -0.970. The van der Waals surface area contributed by atoms with Crippen molar-refractivity contribution in [2.75, 3.05) is 26.2 Å². The van der Waals surface area contributed by atoms with Crippen molar-refractivity contribution >= 4 is 29.3 Å². The topological polar surface area (TPSA) is 52.6 Å². The van der Waals surface area contributed by atoms with Crippen molar-refractivity contribution in [1.82, 2.24) is 10.2 Å². The summed E-state index contributed by atoms with van der Waals surface area (Å²) in [5.74, 6) is 0.455. The molecule has 0 aromatic heterocycles. The second kappa shape index (κ2) is 7.87. The van der Waals surface area contributed by atoms with E-state index in [0.717, 1.165) is 49.5 Å². The Morgan fingerprint density at radius 3 is 2.67 bits per heavy atom. The number of nitrogens with zero attached hydrogens (tertiary/aromatic N) is 1. The molecule has 0 spiro atoms. The van der Waals surface area contributed by atoms with E-state index in [1.165, 1.54) is 0 Å². The fraction of sp³-hybridized carbons (Fsp3) is 0.533. The molecule has 0 radical (unpaired) electrons. The molecule has 1 amide bonds. The first-order valence-corrected chi connectivity index (χ1v) is 7.93. The second-order valence-corrected chi connectivity index (χ2v) is 6.30. The van der Waals surface area contributed by atoms with Gasteiger partial charge >= 0.3 is 6.09 Å². The lowest BCUT2D eigenvalue weighted by Gasteiger charge is -2.31. The molecule has 1 saturated heterocycles. The molecule has 0 atom stereocenters. The average molecular weight is 331 g/mol. The third-order valence-electron chi connectivity index (χ3n) is 3.96. The zero-order chi connectivity index (χ0) is 15.2. The second-order valence-electron chi connectivity index (χ2n) is 5.46. The number of nitrogens with one attached hydrogen (secondary N) is 1. The highest BCUT2D eigenvalue weighted by Gasteiger charge is 2.19. The molecule has 1 aliphatic rings. The Morgan fingerprint density at radius 1 is 1.33 bits per heavy atom. The van der Waals surface area contributed by atoms with Crippen LogP contribution in [0.3, 0.4) is 0 Å². The first-order chi connectivity index (χ1) is 10.0. The Morgan fingerprint density at radius 2 is 2.05 bits per heavy atom. The molecule has 6 heteroatoms. The highest BCUT2D eigenvalue weighted by atomic mass is 35.5. The van der Waals surface area contributed by atoms with E-state index in [-0.39, 0.29) is 0 Å². The van der Waals surface area contributed by atoms with Crippen LogP contribution in [0.15, 0.2) is 18.2 Å². The first-order valence-electron chi connectivity index (χ1n) is 7.17. The van der Waals surface area contributed by atoms with Gasteiger partial charge in [0, 0.05) is 23.1 Å². The third-order valence-corrected chi connectivity index (χ3v) is 4.55. The van der Waals surface area contributed by atoms with E-state index in [1.807, 2.05) is 12.1 Å². The van der Waals surface area contributed by atoms with Gasteiger partial charge in [-0.3, -0.25) is 0 Å². The van der Waals surface area contributed by atoms with E-state index >= 15 is 0 Å². The Kier molecular flexibility index (Phi) is 6.15. The van der Waals surface area contributed by atoms with Gasteiger partial charge < -0.3 is 15.3 Å². The van der Waals surface area contributed by atoms with Crippen LogP contribution in [0.25, 0.3) is 0 Å². The van der Waals surface area contributed by atoms with Gasteiger partial charge in [-0.2, -0.15) is 0 Å². The van der Waals surface area contributed by atoms with E-state index < -0.39 is 6.09 Å². The molecule has 21 heavy (non-hydrogen) atoms. The Labute approximate surface area is 135 Å². The molecule has 2 N–H and O–H groups in total. The van der Waals surface area contributed by atoms with Crippen LogP contribution in [-0.2, 0) is 6.42 Å². The van der Waals surface area contributed by atoms with Crippen LogP contribution >= 0.6 is 23.2 Å². The molecule has 2 rings (SSSR count). The molecule has 116 valence electrons. The number of halogens is 2. The normalized spacial score (nSPS) is 16.9. The van der Waals surface area contributed by atoms with Crippen LogP contribution in [0.2, 0.25) is 10.0 Å². The number of amides is 1. The molecular weight excluding hydrogens is 311 g/mol. The fourth-order valence-electron chi connectivity index (χ4n) is 2.65. The minimum atomic E-state index is -0.935. The summed E-state index contributed by atoms with van der Waals surface area (Å²) in [5, 5.41) is 12.5. The third kappa shape index (κ3) is 5.38. The minimum absolute atomic E-state index is 0.455. The summed E-state index contributed by atoms with van der Waals surface area (Å²) in [5.41, 5.74) is 1.12. The van der Waals surface area contributed by atoms with Crippen molar-refractivity contribution in [3.8, 4) is 0 Å². The summed E-state index contributed by atoms with van der Waals surface area (Å²) in [6.45, 7) is 3.56. The zero-order valence-corrected chi connectivity index (χ0v) is 13.3. The standard InChI is InChI=1S/C15H20Cl2N2O2/c16-13-2-1-12(14(17)9-13)5-8-19-6-3-11(4-7-19)10-18-15(20)21/h1-2,9,11,18H,3-8,10H2,(H,20,21). The summed E-state index contributed by atoms with van der Waals surface area (Å²) in [6, 6.07) is 5.63. The minimum Gasteiger partial charge on any atom is -0.465 e. The van der Waals surface area contributed by atoms with Crippen LogP contribution in [-0.4, -0.2) is 42.3 Å². The van der Waals surface area contributed by atoms with Gasteiger partial charge in [-0.25, -0.2) is 4.79 Å². The molecule has 1 aliphatic heterocycles. The highest BCUT2D eigenvalue weighted by Crippen LogP contribution is 2.22. The lowest BCUT2D eigenvalue weighted by Crippen LogP contribution is -2.39. The maximum Gasteiger partial charge on any atom is 0.404 e. The lowest BCUT2D eigenvalue weighted by molar-refractivity contribution is 0.171. The molecule has 1 fully saturated rings. The zero-order valence-electron chi connectivity index (χ0n) is 11.8. The first kappa shape index (κ1) is 16.4. The van der Waals surface area contributed by atoms with Gasteiger partial charge in [0.25, 0.3) is 0 Å². The molecule has 1 aromatic carbocycles.